The number of rotatable bonds is 11. The standard InChI is InChI=1S/C26H31NO7/c1-26(2,3)34-25(32)27-22(24(30)31)16-20(23(28)29)11-7-10-18-12-14-21(15-13-18)33-17-19-8-5-4-6-9-19/h4-10,12-15,20,22H,11,16-17H2,1-3H3,(H,27,32)(H,28,29)(H,30,31)/b10-7+/t20-,22+/m0/s1. The van der Waals surface area contributed by atoms with Gasteiger partial charge in [0.15, 0.2) is 0 Å². The average Bonchev–Trinajstić information content (AvgIpc) is 2.76. The number of amides is 1. The van der Waals surface area contributed by atoms with E-state index in [4.69, 9.17) is 9.47 Å². The smallest absolute Gasteiger partial charge is 0.408 e. The number of carbonyl (C=O) groups excluding carboxylic acids is 1. The molecule has 0 aliphatic carbocycles. The van der Waals surface area contributed by atoms with Gasteiger partial charge in [0.25, 0.3) is 0 Å². The van der Waals surface area contributed by atoms with E-state index in [1.165, 1.54) is 0 Å². The number of carboxylic acids is 2. The number of aliphatic carboxylic acids is 2. The zero-order valence-electron chi connectivity index (χ0n) is 19.6. The molecule has 0 spiro atoms. The highest BCUT2D eigenvalue weighted by Gasteiger charge is 2.29. The molecule has 34 heavy (non-hydrogen) atoms. The maximum Gasteiger partial charge on any atom is 0.408 e. The van der Waals surface area contributed by atoms with Crippen LogP contribution in [0, 0.1) is 5.92 Å². The molecule has 0 aliphatic rings. The molecule has 0 aromatic heterocycles. The van der Waals surface area contributed by atoms with Gasteiger partial charge in [-0.15, -0.1) is 0 Å². The SMILES string of the molecule is CC(C)(C)OC(=O)N[C@H](C[C@H](C/C=C/c1ccc(OCc2ccccc2)cc1)C(=O)O)C(=O)O. The van der Waals surface area contributed by atoms with E-state index < -0.39 is 35.6 Å². The zero-order chi connectivity index (χ0) is 25.1. The summed E-state index contributed by atoms with van der Waals surface area (Å²) in [6.07, 6.45) is 2.34. The summed E-state index contributed by atoms with van der Waals surface area (Å²) in [7, 11) is 0. The molecule has 2 aromatic carbocycles. The minimum Gasteiger partial charge on any atom is -0.489 e. The van der Waals surface area contributed by atoms with Crippen LogP contribution in [0.1, 0.15) is 44.7 Å². The summed E-state index contributed by atoms with van der Waals surface area (Å²) in [5.41, 5.74) is 1.11. The van der Waals surface area contributed by atoms with Crippen molar-refractivity contribution in [3.05, 3.63) is 71.8 Å². The molecule has 0 heterocycles. The molecule has 2 atom stereocenters. The molecule has 0 saturated carbocycles. The molecule has 2 rings (SSSR count). The van der Waals surface area contributed by atoms with E-state index in [2.05, 4.69) is 5.32 Å². The molecule has 0 saturated heterocycles. The first-order valence-electron chi connectivity index (χ1n) is 10.9. The largest absolute Gasteiger partial charge is 0.489 e. The Labute approximate surface area is 199 Å². The van der Waals surface area contributed by atoms with Gasteiger partial charge in [0.1, 0.15) is 24.0 Å². The molecular formula is C26H31NO7. The monoisotopic (exact) mass is 469 g/mol. The van der Waals surface area contributed by atoms with Crippen LogP contribution in [0.15, 0.2) is 60.7 Å². The number of allylic oxidation sites excluding steroid dienone is 1. The van der Waals surface area contributed by atoms with Gasteiger partial charge in [0.2, 0.25) is 0 Å². The average molecular weight is 470 g/mol. The van der Waals surface area contributed by atoms with E-state index in [1.807, 2.05) is 54.6 Å². The molecule has 0 radical (unpaired) electrons. The highest BCUT2D eigenvalue weighted by Crippen LogP contribution is 2.18. The Morgan fingerprint density at radius 1 is 0.971 bits per heavy atom. The highest BCUT2D eigenvalue weighted by molar-refractivity contribution is 5.81. The van der Waals surface area contributed by atoms with Crippen molar-refractivity contribution in [2.24, 2.45) is 5.92 Å². The van der Waals surface area contributed by atoms with Crippen molar-refractivity contribution in [2.75, 3.05) is 0 Å². The van der Waals surface area contributed by atoms with Crippen molar-refractivity contribution in [1.82, 2.24) is 5.32 Å². The third-order valence-electron chi connectivity index (χ3n) is 4.72. The fraction of sp³-hybridized carbons (Fsp3) is 0.346. The fourth-order valence-corrected chi connectivity index (χ4v) is 3.04. The Bertz CT molecular complexity index is 978. The number of hydrogen-bond acceptors (Lipinski definition) is 5. The maximum atomic E-state index is 11.9. The lowest BCUT2D eigenvalue weighted by molar-refractivity contribution is -0.144. The number of nitrogens with one attached hydrogen (secondary N) is 1. The number of carbonyl (C=O) groups is 3. The second-order valence-electron chi connectivity index (χ2n) is 8.79. The first kappa shape index (κ1) is 26.4. The lowest BCUT2D eigenvalue weighted by atomic mass is 9.96. The molecule has 3 N–H and O–H groups in total. The van der Waals surface area contributed by atoms with Crippen LogP contribution in [-0.4, -0.2) is 39.9 Å². The third kappa shape index (κ3) is 9.77. The Kier molecular flexibility index (Phi) is 9.67. The molecule has 8 nitrogen and oxygen atoms in total. The number of ether oxygens (including phenoxy) is 2. The number of carboxylic acid groups (broad SMARTS) is 2. The van der Waals surface area contributed by atoms with E-state index in [-0.39, 0.29) is 12.8 Å². The van der Waals surface area contributed by atoms with Crippen molar-refractivity contribution in [3.63, 3.8) is 0 Å². The molecule has 0 aliphatic heterocycles. The van der Waals surface area contributed by atoms with Gasteiger partial charge in [-0.05, 0) is 56.9 Å². The second-order valence-corrected chi connectivity index (χ2v) is 8.79. The van der Waals surface area contributed by atoms with Crippen LogP contribution >= 0.6 is 0 Å². The lowest BCUT2D eigenvalue weighted by Crippen LogP contribution is -2.45. The first-order valence-corrected chi connectivity index (χ1v) is 10.9. The molecule has 8 heteroatoms. The predicted octanol–water partition coefficient (Wildman–Crippen LogP) is 4.74. The second kappa shape index (κ2) is 12.4. The number of benzene rings is 2. The molecule has 182 valence electrons. The van der Waals surface area contributed by atoms with Gasteiger partial charge in [-0.2, -0.15) is 0 Å². The predicted molar refractivity (Wildman–Crippen MR) is 127 cm³/mol. The van der Waals surface area contributed by atoms with Gasteiger partial charge in [-0.3, -0.25) is 4.79 Å². The molecule has 2 aromatic rings. The minimum atomic E-state index is -1.38. The first-order chi connectivity index (χ1) is 16.0. The summed E-state index contributed by atoms with van der Waals surface area (Å²) >= 11 is 0. The fourth-order valence-electron chi connectivity index (χ4n) is 3.04. The van der Waals surface area contributed by atoms with Crippen LogP contribution in [0.25, 0.3) is 6.08 Å². The third-order valence-corrected chi connectivity index (χ3v) is 4.72. The van der Waals surface area contributed by atoms with Gasteiger partial charge in [-0.1, -0.05) is 54.6 Å². The molecular weight excluding hydrogens is 438 g/mol. The Balaban J connectivity index is 1.92. The summed E-state index contributed by atoms with van der Waals surface area (Å²) in [6.45, 7) is 5.40. The van der Waals surface area contributed by atoms with E-state index in [9.17, 15) is 24.6 Å². The normalized spacial score (nSPS) is 13.1. The Morgan fingerprint density at radius 2 is 1.62 bits per heavy atom. The van der Waals surface area contributed by atoms with Gasteiger partial charge in [-0.25, -0.2) is 9.59 Å². The summed E-state index contributed by atoms with van der Waals surface area (Å²) in [6, 6.07) is 15.7. The van der Waals surface area contributed by atoms with Gasteiger partial charge in [0.05, 0.1) is 5.92 Å². The van der Waals surface area contributed by atoms with Gasteiger partial charge >= 0.3 is 18.0 Å². The van der Waals surface area contributed by atoms with E-state index >= 15 is 0 Å². The topological polar surface area (TPSA) is 122 Å². The molecule has 0 bridgehead atoms. The quantitative estimate of drug-likeness (QED) is 0.434. The number of hydrogen-bond donors (Lipinski definition) is 3. The van der Waals surface area contributed by atoms with Crippen LogP contribution < -0.4 is 10.1 Å². The maximum absolute atomic E-state index is 11.9. The van der Waals surface area contributed by atoms with Gasteiger partial charge in [0, 0.05) is 0 Å². The van der Waals surface area contributed by atoms with Crippen molar-refractivity contribution < 1.29 is 34.1 Å². The molecule has 1 amide bonds. The van der Waals surface area contributed by atoms with Crippen LogP contribution in [-0.2, 0) is 20.9 Å². The van der Waals surface area contributed by atoms with E-state index in [0.717, 1.165) is 11.1 Å². The van der Waals surface area contributed by atoms with Crippen LogP contribution in [0.5, 0.6) is 5.75 Å². The summed E-state index contributed by atoms with van der Waals surface area (Å²) < 4.78 is 10.8. The highest BCUT2D eigenvalue weighted by atomic mass is 16.6. The van der Waals surface area contributed by atoms with Crippen LogP contribution in [0.4, 0.5) is 4.79 Å². The number of alkyl carbamates (subject to hydrolysis) is 1. The summed E-state index contributed by atoms with van der Waals surface area (Å²) in [4.78, 5) is 35.1. The Morgan fingerprint density at radius 3 is 2.18 bits per heavy atom. The van der Waals surface area contributed by atoms with Crippen molar-refractivity contribution in [3.8, 4) is 5.75 Å². The summed E-state index contributed by atoms with van der Waals surface area (Å²) in [5.74, 6) is -2.76. The van der Waals surface area contributed by atoms with E-state index in [0.29, 0.717) is 12.4 Å². The van der Waals surface area contributed by atoms with Gasteiger partial charge < -0.3 is 25.0 Å². The zero-order valence-corrected chi connectivity index (χ0v) is 19.6. The van der Waals surface area contributed by atoms with Crippen molar-refractivity contribution in [1.29, 1.82) is 0 Å². The molecule has 0 fully saturated rings. The molecule has 0 unspecified atom stereocenters. The minimum absolute atomic E-state index is 0.0986. The van der Waals surface area contributed by atoms with Crippen LogP contribution in [0.3, 0.4) is 0 Å². The Hall–Kier alpha value is -3.81. The van der Waals surface area contributed by atoms with Crippen LogP contribution in [0.2, 0.25) is 0 Å². The van der Waals surface area contributed by atoms with Crippen molar-refractivity contribution in [2.45, 2.75) is 51.9 Å². The van der Waals surface area contributed by atoms with Crippen molar-refractivity contribution >= 4 is 24.1 Å². The van der Waals surface area contributed by atoms with E-state index in [1.54, 1.807) is 32.9 Å². The lowest BCUT2D eigenvalue weighted by Gasteiger charge is -2.23. The summed E-state index contributed by atoms with van der Waals surface area (Å²) in [5, 5.41) is 21.2.